The highest BCUT2D eigenvalue weighted by atomic mass is 19.1. The van der Waals surface area contributed by atoms with Gasteiger partial charge in [0.15, 0.2) is 5.82 Å². The molecule has 0 saturated heterocycles. The quantitative estimate of drug-likeness (QED) is 0.539. The molecular formula is C10H8FN3O3. The van der Waals surface area contributed by atoms with Gasteiger partial charge in [-0.3, -0.25) is 4.79 Å². The molecule has 1 heterocycles. The van der Waals surface area contributed by atoms with Gasteiger partial charge in [0.2, 0.25) is 5.43 Å². The van der Waals surface area contributed by atoms with Crippen molar-refractivity contribution in [2.24, 2.45) is 0 Å². The van der Waals surface area contributed by atoms with E-state index in [1.165, 1.54) is 6.07 Å². The molecular weight excluding hydrogens is 229 g/mol. The van der Waals surface area contributed by atoms with Crippen molar-refractivity contribution in [2.45, 2.75) is 0 Å². The fraction of sp³-hybridized carbons (Fsp3) is 0. The molecule has 0 fully saturated rings. The number of fused-ring (bicyclic) bond motifs is 1. The Morgan fingerprint density at radius 1 is 1.41 bits per heavy atom. The van der Waals surface area contributed by atoms with Gasteiger partial charge in [0.05, 0.1) is 22.3 Å². The van der Waals surface area contributed by atoms with Gasteiger partial charge < -0.3 is 21.6 Å². The van der Waals surface area contributed by atoms with Gasteiger partial charge in [-0.05, 0) is 6.07 Å². The summed E-state index contributed by atoms with van der Waals surface area (Å²) in [5.74, 6) is -2.34. The van der Waals surface area contributed by atoms with Crippen LogP contribution in [-0.2, 0) is 0 Å². The van der Waals surface area contributed by atoms with E-state index in [4.69, 9.17) is 16.6 Å². The maximum absolute atomic E-state index is 13.4. The van der Waals surface area contributed by atoms with Crippen molar-refractivity contribution in [1.29, 1.82) is 0 Å². The summed E-state index contributed by atoms with van der Waals surface area (Å²) < 4.78 is 13.4. The molecule has 7 heteroatoms. The summed E-state index contributed by atoms with van der Waals surface area (Å²) in [5.41, 5.74) is 8.93. The number of nitrogen functional groups attached to an aromatic ring is 2. The molecule has 2 aromatic rings. The van der Waals surface area contributed by atoms with Gasteiger partial charge in [0.25, 0.3) is 0 Å². The zero-order valence-electron chi connectivity index (χ0n) is 8.45. The fourth-order valence-corrected chi connectivity index (χ4v) is 1.57. The summed E-state index contributed by atoms with van der Waals surface area (Å²) in [5, 5.41) is 8.55. The van der Waals surface area contributed by atoms with Crippen LogP contribution in [-0.4, -0.2) is 16.1 Å². The summed E-state index contributed by atoms with van der Waals surface area (Å²) in [6.07, 6.45) is 1.02. The van der Waals surface area contributed by atoms with E-state index < -0.39 is 28.5 Å². The molecule has 17 heavy (non-hydrogen) atoms. The minimum atomic E-state index is -1.41. The van der Waals surface area contributed by atoms with Crippen molar-refractivity contribution in [1.82, 2.24) is 4.98 Å². The summed E-state index contributed by atoms with van der Waals surface area (Å²) in [6, 6.07) is 1.19. The molecule has 1 aromatic heterocycles. The molecule has 0 unspecified atom stereocenters. The number of anilines is 2. The zero-order valence-corrected chi connectivity index (χ0v) is 8.45. The molecule has 0 amide bonds. The maximum Gasteiger partial charge on any atom is 0.341 e. The SMILES string of the molecule is Nc1cc2[nH]cc(C(=O)O)c(=O)c2c(N)c1F. The fourth-order valence-electron chi connectivity index (χ4n) is 1.57. The normalized spacial score (nSPS) is 10.6. The first-order valence-corrected chi connectivity index (χ1v) is 4.55. The predicted octanol–water partition coefficient (Wildman–Crippen LogP) is 0.530. The highest BCUT2D eigenvalue weighted by Gasteiger charge is 2.17. The highest BCUT2D eigenvalue weighted by Crippen LogP contribution is 2.25. The molecule has 0 bridgehead atoms. The second-order valence-corrected chi connectivity index (χ2v) is 3.45. The Bertz CT molecular complexity index is 693. The number of hydrogen-bond donors (Lipinski definition) is 4. The molecule has 0 radical (unpaired) electrons. The van der Waals surface area contributed by atoms with Crippen LogP contribution in [0, 0.1) is 5.82 Å². The molecule has 0 aliphatic heterocycles. The van der Waals surface area contributed by atoms with E-state index in [2.05, 4.69) is 4.98 Å². The van der Waals surface area contributed by atoms with Crippen LogP contribution >= 0.6 is 0 Å². The number of H-pyrrole nitrogens is 1. The predicted molar refractivity (Wildman–Crippen MR) is 60.3 cm³/mol. The molecule has 1 aromatic carbocycles. The Labute approximate surface area is 93.7 Å². The summed E-state index contributed by atoms with van der Waals surface area (Å²) >= 11 is 0. The third-order valence-corrected chi connectivity index (χ3v) is 2.40. The zero-order chi connectivity index (χ0) is 12.7. The van der Waals surface area contributed by atoms with Crippen LogP contribution in [0.4, 0.5) is 15.8 Å². The number of hydrogen-bond acceptors (Lipinski definition) is 4. The van der Waals surface area contributed by atoms with E-state index in [-0.39, 0.29) is 16.6 Å². The maximum atomic E-state index is 13.4. The summed E-state index contributed by atoms with van der Waals surface area (Å²) in [6.45, 7) is 0. The van der Waals surface area contributed by atoms with Crippen molar-refractivity contribution in [3.05, 3.63) is 33.9 Å². The Balaban J connectivity index is 3.00. The van der Waals surface area contributed by atoms with E-state index in [0.717, 1.165) is 6.20 Å². The van der Waals surface area contributed by atoms with Crippen molar-refractivity contribution in [2.75, 3.05) is 11.5 Å². The second kappa shape index (κ2) is 3.48. The van der Waals surface area contributed by atoms with Crippen LogP contribution in [0.15, 0.2) is 17.1 Å². The van der Waals surface area contributed by atoms with Crippen LogP contribution in [0.25, 0.3) is 10.9 Å². The third kappa shape index (κ3) is 1.48. The van der Waals surface area contributed by atoms with Crippen molar-refractivity contribution in [3.8, 4) is 0 Å². The number of halogens is 1. The molecule has 0 aliphatic rings. The number of aromatic carboxylic acids is 1. The largest absolute Gasteiger partial charge is 0.477 e. The minimum Gasteiger partial charge on any atom is -0.477 e. The van der Waals surface area contributed by atoms with Gasteiger partial charge in [-0.15, -0.1) is 0 Å². The average molecular weight is 237 g/mol. The van der Waals surface area contributed by atoms with E-state index in [9.17, 15) is 14.0 Å². The van der Waals surface area contributed by atoms with Crippen LogP contribution in [0.2, 0.25) is 0 Å². The number of rotatable bonds is 1. The number of carboxylic acid groups (broad SMARTS) is 1. The lowest BCUT2D eigenvalue weighted by molar-refractivity contribution is 0.0695. The second-order valence-electron chi connectivity index (χ2n) is 3.45. The number of carboxylic acids is 1. The van der Waals surface area contributed by atoms with Gasteiger partial charge in [0.1, 0.15) is 5.56 Å². The Kier molecular flexibility index (Phi) is 2.24. The average Bonchev–Trinajstić information content (AvgIpc) is 2.25. The Morgan fingerprint density at radius 3 is 2.65 bits per heavy atom. The number of benzene rings is 1. The number of aromatic amines is 1. The topological polar surface area (TPSA) is 122 Å². The summed E-state index contributed by atoms with van der Waals surface area (Å²) in [4.78, 5) is 25.1. The van der Waals surface area contributed by atoms with E-state index in [1.807, 2.05) is 0 Å². The van der Waals surface area contributed by atoms with Gasteiger partial charge in [-0.1, -0.05) is 0 Å². The number of pyridine rings is 1. The lowest BCUT2D eigenvalue weighted by atomic mass is 10.1. The monoisotopic (exact) mass is 237 g/mol. The first-order valence-electron chi connectivity index (χ1n) is 4.55. The van der Waals surface area contributed by atoms with Crippen molar-refractivity contribution < 1.29 is 14.3 Å². The van der Waals surface area contributed by atoms with Crippen LogP contribution in [0.5, 0.6) is 0 Å². The van der Waals surface area contributed by atoms with Gasteiger partial charge >= 0.3 is 5.97 Å². The molecule has 0 saturated carbocycles. The van der Waals surface area contributed by atoms with Gasteiger partial charge in [0, 0.05) is 6.20 Å². The minimum absolute atomic E-state index is 0.191. The third-order valence-electron chi connectivity index (χ3n) is 2.40. The smallest absolute Gasteiger partial charge is 0.341 e. The first kappa shape index (κ1) is 10.9. The number of aromatic nitrogens is 1. The Hall–Kier alpha value is -2.57. The number of nitrogens with one attached hydrogen (secondary N) is 1. The van der Waals surface area contributed by atoms with Crippen LogP contribution in [0.1, 0.15) is 10.4 Å². The van der Waals surface area contributed by atoms with E-state index in [1.54, 1.807) is 0 Å². The molecule has 88 valence electrons. The lowest BCUT2D eigenvalue weighted by Gasteiger charge is -2.06. The summed E-state index contributed by atoms with van der Waals surface area (Å²) in [7, 11) is 0. The van der Waals surface area contributed by atoms with Crippen LogP contribution in [0.3, 0.4) is 0 Å². The van der Waals surface area contributed by atoms with Gasteiger partial charge in [-0.2, -0.15) is 0 Å². The van der Waals surface area contributed by atoms with Gasteiger partial charge in [-0.25, -0.2) is 9.18 Å². The van der Waals surface area contributed by atoms with E-state index >= 15 is 0 Å². The molecule has 0 spiro atoms. The lowest BCUT2D eigenvalue weighted by Crippen LogP contribution is -2.17. The molecule has 6 N–H and O–H groups in total. The standard InChI is InChI=1S/C10H8FN3O3/c11-7-4(12)1-5-6(8(7)13)9(15)3(2-14-5)10(16)17/h1-2H,12-13H2,(H,14,15)(H,16,17). The highest BCUT2D eigenvalue weighted by molar-refractivity contribution is 5.98. The molecule has 2 rings (SSSR count). The van der Waals surface area contributed by atoms with Crippen LogP contribution < -0.4 is 16.9 Å². The van der Waals surface area contributed by atoms with Crippen molar-refractivity contribution >= 4 is 28.2 Å². The van der Waals surface area contributed by atoms with E-state index in [0.29, 0.717) is 0 Å². The molecule has 6 nitrogen and oxygen atoms in total. The Morgan fingerprint density at radius 2 is 2.06 bits per heavy atom. The number of nitrogens with two attached hydrogens (primary N) is 2. The molecule has 0 atom stereocenters. The van der Waals surface area contributed by atoms with Crippen molar-refractivity contribution in [3.63, 3.8) is 0 Å². The molecule has 0 aliphatic carbocycles. The number of carbonyl (C=O) groups is 1. The first-order chi connectivity index (χ1) is 7.93.